The van der Waals surface area contributed by atoms with E-state index in [0.717, 1.165) is 0 Å². The van der Waals surface area contributed by atoms with Gasteiger partial charge in [0, 0.05) is 12.5 Å². The van der Waals surface area contributed by atoms with Crippen LogP contribution in [0.2, 0.25) is 0 Å². The minimum atomic E-state index is -0.890. The quantitative estimate of drug-likeness (QED) is 0.749. The molecule has 2 N–H and O–H groups in total. The summed E-state index contributed by atoms with van der Waals surface area (Å²) in [5.74, 6) is -1.55. The Bertz CT molecular complexity index is 243. The largest absolute Gasteiger partial charge is 0.481 e. The SMILES string of the molecule is CC(NC(=O)CC(C)(C)C)C(C)C(=O)O. The van der Waals surface area contributed by atoms with Crippen LogP contribution in [0.4, 0.5) is 0 Å². The second-order valence-electron chi connectivity index (χ2n) is 5.22. The van der Waals surface area contributed by atoms with E-state index in [9.17, 15) is 9.59 Å². The predicted octanol–water partition coefficient (Wildman–Crippen LogP) is 1.65. The van der Waals surface area contributed by atoms with Gasteiger partial charge in [0.05, 0.1) is 5.92 Å². The van der Waals surface area contributed by atoms with E-state index in [2.05, 4.69) is 5.32 Å². The first-order valence-electron chi connectivity index (χ1n) is 5.15. The molecule has 0 rings (SSSR count). The Morgan fingerprint density at radius 1 is 1.27 bits per heavy atom. The molecule has 0 bridgehead atoms. The van der Waals surface area contributed by atoms with Gasteiger partial charge in [-0.05, 0) is 19.3 Å². The van der Waals surface area contributed by atoms with Crippen molar-refractivity contribution >= 4 is 11.9 Å². The van der Waals surface area contributed by atoms with Crippen molar-refractivity contribution in [2.24, 2.45) is 11.3 Å². The molecule has 4 heteroatoms. The molecule has 0 aliphatic rings. The molecule has 88 valence electrons. The van der Waals surface area contributed by atoms with Crippen LogP contribution < -0.4 is 5.32 Å². The number of hydrogen-bond acceptors (Lipinski definition) is 2. The summed E-state index contributed by atoms with van der Waals surface area (Å²) in [7, 11) is 0. The average molecular weight is 215 g/mol. The summed E-state index contributed by atoms with van der Waals surface area (Å²) in [6.07, 6.45) is 0.406. The van der Waals surface area contributed by atoms with Gasteiger partial charge in [-0.2, -0.15) is 0 Å². The molecule has 2 unspecified atom stereocenters. The fourth-order valence-electron chi connectivity index (χ4n) is 1.13. The van der Waals surface area contributed by atoms with Crippen LogP contribution in [0.15, 0.2) is 0 Å². The summed E-state index contributed by atoms with van der Waals surface area (Å²) < 4.78 is 0. The van der Waals surface area contributed by atoms with Gasteiger partial charge in [0.15, 0.2) is 0 Å². The zero-order chi connectivity index (χ0) is 12.2. The molecule has 4 nitrogen and oxygen atoms in total. The molecule has 0 saturated heterocycles. The molecular weight excluding hydrogens is 194 g/mol. The average Bonchev–Trinajstić information content (AvgIpc) is 1.98. The number of nitrogens with one attached hydrogen (secondary N) is 1. The normalized spacial score (nSPS) is 15.5. The van der Waals surface area contributed by atoms with Gasteiger partial charge in [-0.3, -0.25) is 9.59 Å². The fraction of sp³-hybridized carbons (Fsp3) is 0.818. The van der Waals surface area contributed by atoms with E-state index < -0.39 is 11.9 Å². The molecule has 0 spiro atoms. The molecule has 0 aliphatic carbocycles. The third kappa shape index (κ3) is 6.10. The number of carboxylic acids is 1. The van der Waals surface area contributed by atoms with Gasteiger partial charge in [0.2, 0.25) is 5.91 Å². The maximum absolute atomic E-state index is 11.5. The van der Waals surface area contributed by atoms with Crippen LogP contribution in [0.5, 0.6) is 0 Å². The first-order valence-corrected chi connectivity index (χ1v) is 5.15. The smallest absolute Gasteiger partial charge is 0.308 e. The van der Waals surface area contributed by atoms with Crippen molar-refractivity contribution in [2.75, 3.05) is 0 Å². The van der Waals surface area contributed by atoms with Crippen molar-refractivity contribution in [1.82, 2.24) is 5.32 Å². The molecule has 0 aromatic carbocycles. The van der Waals surface area contributed by atoms with Crippen LogP contribution in [0.1, 0.15) is 41.0 Å². The van der Waals surface area contributed by atoms with Crippen LogP contribution in [0, 0.1) is 11.3 Å². The van der Waals surface area contributed by atoms with Crippen LogP contribution in [0.3, 0.4) is 0 Å². The van der Waals surface area contributed by atoms with E-state index in [1.165, 1.54) is 0 Å². The van der Waals surface area contributed by atoms with Gasteiger partial charge in [-0.25, -0.2) is 0 Å². The van der Waals surface area contributed by atoms with Gasteiger partial charge in [-0.1, -0.05) is 20.8 Å². The number of aliphatic carboxylic acids is 1. The summed E-state index contributed by atoms with van der Waals surface area (Å²) >= 11 is 0. The van der Waals surface area contributed by atoms with Crippen molar-refractivity contribution in [1.29, 1.82) is 0 Å². The first-order chi connectivity index (χ1) is 6.63. The summed E-state index contributed by atoms with van der Waals surface area (Å²) in [4.78, 5) is 22.1. The maximum Gasteiger partial charge on any atom is 0.308 e. The topological polar surface area (TPSA) is 66.4 Å². The highest BCUT2D eigenvalue weighted by Gasteiger charge is 2.23. The summed E-state index contributed by atoms with van der Waals surface area (Å²) in [6.45, 7) is 9.21. The van der Waals surface area contributed by atoms with E-state index in [1.807, 2.05) is 20.8 Å². The molecule has 15 heavy (non-hydrogen) atoms. The molecule has 2 atom stereocenters. The third-order valence-electron chi connectivity index (χ3n) is 2.22. The Balaban J connectivity index is 4.13. The standard InChI is InChI=1S/C11H21NO3/c1-7(10(14)15)8(2)12-9(13)6-11(3,4)5/h7-8H,6H2,1-5H3,(H,12,13)(H,14,15). The van der Waals surface area contributed by atoms with Crippen LogP contribution in [-0.4, -0.2) is 23.0 Å². The monoisotopic (exact) mass is 215 g/mol. The minimum Gasteiger partial charge on any atom is -0.481 e. The number of hydrogen-bond donors (Lipinski definition) is 2. The molecule has 0 aliphatic heterocycles. The number of carbonyl (C=O) groups excluding carboxylic acids is 1. The Labute approximate surface area is 91.1 Å². The van der Waals surface area contributed by atoms with Gasteiger partial charge < -0.3 is 10.4 Å². The molecule has 0 heterocycles. The molecule has 0 radical (unpaired) electrons. The van der Waals surface area contributed by atoms with Crippen LogP contribution in [0.25, 0.3) is 0 Å². The highest BCUT2D eigenvalue weighted by molar-refractivity contribution is 5.78. The van der Waals surface area contributed by atoms with Gasteiger partial charge in [0.25, 0.3) is 0 Å². The van der Waals surface area contributed by atoms with Gasteiger partial charge in [0.1, 0.15) is 0 Å². The Morgan fingerprint density at radius 3 is 2.07 bits per heavy atom. The lowest BCUT2D eigenvalue weighted by Gasteiger charge is -2.22. The zero-order valence-corrected chi connectivity index (χ0v) is 10.1. The van der Waals surface area contributed by atoms with E-state index in [-0.39, 0.29) is 17.4 Å². The lowest BCUT2D eigenvalue weighted by Crippen LogP contribution is -2.41. The lowest BCUT2D eigenvalue weighted by atomic mass is 9.91. The Morgan fingerprint density at radius 2 is 1.73 bits per heavy atom. The van der Waals surface area contributed by atoms with Crippen molar-refractivity contribution in [3.8, 4) is 0 Å². The summed E-state index contributed by atoms with van der Waals surface area (Å²) in [6, 6.07) is -0.336. The second kappa shape index (κ2) is 5.14. The van der Waals surface area contributed by atoms with Crippen molar-refractivity contribution < 1.29 is 14.7 Å². The Hall–Kier alpha value is -1.06. The predicted molar refractivity (Wildman–Crippen MR) is 58.5 cm³/mol. The molecule has 0 aromatic heterocycles. The highest BCUT2D eigenvalue weighted by Crippen LogP contribution is 2.18. The van der Waals surface area contributed by atoms with Gasteiger partial charge >= 0.3 is 5.97 Å². The van der Waals surface area contributed by atoms with Crippen molar-refractivity contribution in [2.45, 2.75) is 47.1 Å². The molecule has 0 saturated carbocycles. The van der Waals surface area contributed by atoms with E-state index in [0.29, 0.717) is 6.42 Å². The summed E-state index contributed by atoms with van der Waals surface area (Å²) in [5.41, 5.74) is -0.0731. The fourth-order valence-corrected chi connectivity index (χ4v) is 1.13. The van der Waals surface area contributed by atoms with Crippen LogP contribution in [-0.2, 0) is 9.59 Å². The number of amides is 1. The van der Waals surface area contributed by atoms with Crippen molar-refractivity contribution in [3.63, 3.8) is 0 Å². The highest BCUT2D eigenvalue weighted by atomic mass is 16.4. The van der Waals surface area contributed by atoms with E-state index in [4.69, 9.17) is 5.11 Å². The van der Waals surface area contributed by atoms with Gasteiger partial charge in [-0.15, -0.1) is 0 Å². The number of rotatable bonds is 4. The van der Waals surface area contributed by atoms with E-state index >= 15 is 0 Å². The second-order valence-corrected chi connectivity index (χ2v) is 5.22. The lowest BCUT2D eigenvalue weighted by molar-refractivity contribution is -0.142. The van der Waals surface area contributed by atoms with E-state index in [1.54, 1.807) is 13.8 Å². The molecule has 0 fully saturated rings. The minimum absolute atomic E-state index is 0.0731. The zero-order valence-electron chi connectivity index (χ0n) is 10.1. The third-order valence-corrected chi connectivity index (χ3v) is 2.22. The Kier molecular flexibility index (Phi) is 4.78. The molecular formula is C11H21NO3. The summed E-state index contributed by atoms with van der Waals surface area (Å²) in [5, 5.41) is 11.4. The molecule has 1 amide bonds. The first kappa shape index (κ1) is 13.9. The maximum atomic E-state index is 11.5. The van der Waals surface area contributed by atoms with Crippen LogP contribution >= 0.6 is 0 Å². The number of carboxylic acid groups (broad SMARTS) is 1. The number of carbonyl (C=O) groups is 2. The van der Waals surface area contributed by atoms with Crippen molar-refractivity contribution in [3.05, 3.63) is 0 Å². The molecule has 0 aromatic rings.